The lowest BCUT2D eigenvalue weighted by Gasteiger charge is -2.33. The van der Waals surface area contributed by atoms with Gasteiger partial charge in [0.15, 0.2) is 0 Å². The van der Waals surface area contributed by atoms with Crippen LogP contribution >= 0.6 is 11.6 Å². The number of nitrogens with one attached hydrogen (secondary N) is 1. The number of alkyl halides is 4. The predicted molar refractivity (Wildman–Crippen MR) is 138 cm³/mol. The van der Waals surface area contributed by atoms with E-state index in [0.29, 0.717) is 17.2 Å². The second-order valence-corrected chi connectivity index (χ2v) is 9.87. The fourth-order valence-electron chi connectivity index (χ4n) is 4.74. The fourth-order valence-corrected chi connectivity index (χ4v) is 5.01. The van der Waals surface area contributed by atoms with Gasteiger partial charge in [0.25, 0.3) is 11.8 Å². The van der Waals surface area contributed by atoms with Crippen molar-refractivity contribution in [1.82, 2.24) is 10.4 Å². The number of ether oxygens (including phenoxy) is 2. The molecule has 9 nitrogen and oxygen atoms in total. The van der Waals surface area contributed by atoms with Gasteiger partial charge >= 0.3 is 18.1 Å². The largest absolute Gasteiger partial charge is 0.466 e. The first-order valence-corrected chi connectivity index (χ1v) is 12.8. The molecule has 1 unspecified atom stereocenters. The van der Waals surface area contributed by atoms with Gasteiger partial charge in [-0.3, -0.25) is 14.4 Å². The zero-order valence-electron chi connectivity index (χ0n) is 22.6. The maximum atomic E-state index is 15.5. The molecule has 2 aliphatic rings. The number of carbonyl (C=O) groups is 4. The monoisotopic (exact) mass is 628 g/mol. The lowest BCUT2D eigenvalue weighted by molar-refractivity contribution is -0.144. The molecule has 2 amide bonds. The molecule has 2 aromatic carbocycles. The maximum Gasteiger partial charge on any atom is 0.418 e. The summed E-state index contributed by atoms with van der Waals surface area (Å²) >= 11 is 5.86. The highest BCUT2D eigenvalue weighted by Crippen LogP contribution is 2.48. The summed E-state index contributed by atoms with van der Waals surface area (Å²) in [6.45, 7) is 0.340. The van der Waals surface area contributed by atoms with E-state index in [1.165, 1.54) is 38.1 Å². The van der Waals surface area contributed by atoms with Crippen molar-refractivity contribution in [3.63, 3.8) is 0 Å². The Morgan fingerprint density at radius 2 is 1.58 bits per heavy atom. The molecule has 43 heavy (non-hydrogen) atoms. The first-order valence-electron chi connectivity index (χ1n) is 12.5. The van der Waals surface area contributed by atoms with Crippen molar-refractivity contribution in [2.75, 3.05) is 20.4 Å². The molecule has 1 N–H and O–H groups in total. The van der Waals surface area contributed by atoms with Gasteiger partial charge in [-0.25, -0.2) is 18.4 Å². The van der Waals surface area contributed by atoms with Gasteiger partial charge in [0, 0.05) is 5.56 Å². The SMILES string of the molecule is COC(=O)C1=C(CF)NC(CON2C(=O)c3ccccc3C2=O)=C(C(=O)OC(C)C)C1c1c(F)ccc(Cl)c1C(F)(F)F. The van der Waals surface area contributed by atoms with Crippen LogP contribution in [0.4, 0.5) is 22.0 Å². The first kappa shape index (κ1) is 31.6. The number of hydrogen-bond acceptors (Lipinski definition) is 8. The number of nitrogens with zero attached hydrogens (tertiary/aromatic N) is 1. The van der Waals surface area contributed by atoms with Crippen LogP contribution in [0.3, 0.4) is 0 Å². The fraction of sp³-hybridized carbons (Fsp3) is 0.286. The van der Waals surface area contributed by atoms with Gasteiger partial charge in [-0.05, 0) is 38.1 Å². The van der Waals surface area contributed by atoms with Crippen LogP contribution in [0.15, 0.2) is 58.9 Å². The summed E-state index contributed by atoms with van der Waals surface area (Å²) in [4.78, 5) is 57.4. The minimum atomic E-state index is -5.32. The van der Waals surface area contributed by atoms with Crippen molar-refractivity contribution in [3.8, 4) is 0 Å². The third kappa shape index (κ3) is 5.84. The molecule has 0 spiro atoms. The Morgan fingerprint density at radius 1 is 1.00 bits per heavy atom. The van der Waals surface area contributed by atoms with Crippen LogP contribution in [0.25, 0.3) is 0 Å². The third-order valence-electron chi connectivity index (χ3n) is 6.44. The van der Waals surface area contributed by atoms with Crippen LogP contribution < -0.4 is 5.32 Å². The molecule has 4 rings (SSSR count). The van der Waals surface area contributed by atoms with Gasteiger partial charge in [0.2, 0.25) is 0 Å². The molecule has 0 aromatic heterocycles. The summed E-state index contributed by atoms with van der Waals surface area (Å²) < 4.78 is 82.8. The Hall–Kier alpha value is -4.30. The number of dihydropyridines is 1. The molecule has 0 saturated heterocycles. The standard InChI is InChI=1S/C28H22ClF5N2O7/c1-12(2)43-27(40)21-18(11-42-36-24(37)13-6-4-5-7-14(13)25(36)38)35-17(10-30)20(26(39)41-3)22(21)19-16(31)9-8-15(29)23(19)28(32,33)34/h4-9,12,22,35H,10-11H2,1-3H3. The molecule has 0 aliphatic carbocycles. The number of imide groups is 1. The van der Waals surface area contributed by atoms with Crippen molar-refractivity contribution in [2.24, 2.45) is 0 Å². The summed E-state index contributed by atoms with van der Waals surface area (Å²) in [5, 5.41) is 1.78. The van der Waals surface area contributed by atoms with Gasteiger partial charge in [0.05, 0.1) is 63.4 Å². The van der Waals surface area contributed by atoms with Crippen LogP contribution in [-0.2, 0) is 30.1 Å². The van der Waals surface area contributed by atoms with Gasteiger partial charge in [-0.2, -0.15) is 13.2 Å². The van der Waals surface area contributed by atoms with Crippen LogP contribution in [0.5, 0.6) is 0 Å². The number of rotatable bonds is 8. The molecule has 0 bridgehead atoms. The Bertz CT molecular complexity index is 1550. The second kappa shape index (κ2) is 12.1. The number of hydrogen-bond donors (Lipinski definition) is 1. The average molecular weight is 629 g/mol. The Kier molecular flexibility index (Phi) is 8.92. The summed E-state index contributed by atoms with van der Waals surface area (Å²) in [5.74, 6) is -8.36. The van der Waals surface area contributed by atoms with E-state index < -0.39 is 99.7 Å². The molecule has 0 fully saturated rings. The van der Waals surface area contributed by atoms with Gasteiger partial charge < -0.3 is 14.8 Å². The molecule has 0 saturated carbocycles. The molecular weight excluding hydrogens is 607 g/mol. The van der Waals surface area contributed by atoms with E-state index in [4.69, 9.17) is 21.2 Å². The zero-order chi connectivity index (χ0) is 31.8. The highest BCUT2D eigenvalue weighted by molar-refractivity contribution is 6.31. The van der Waals surface area contributed by atoms with Gasteiger partial charge in [-0.15, -0.1) is 5.06 Å². The number of carbonyl (C=O) groups excluding carboxylic acids is 4. The normalized spacial score (nSPS) is 17.0. The van der Waals surface area contributed by atoms with Crippen molar-refractivity contribution in [3.05, 3.63) is 92.0 Å². The number of halogens is 6. The Balaban J connectivity index is 1.95. The Labute approximate surface area is 245 Å². The van der Waals surface area contributed by atoms with Crippen LogP contribution in [0, 0.1) is 5.82 Å². The quantitative estimate of drug-likeness (QED) is 0.247. The van der Waals surface area contributed by atoms with E-state index in [9.17, 15) is 36.7 Å². The van der Waals surface area contributed by atoms with Crippen LogP contribution in [0.2, 0.25) is 5.02 Å². The average Bonchev–Trinajstić information content (AvgIpc) is 3.19. The van der Waals surface area contributed by atoms with E-state index >= 15 is 4.39 Å². The van der Waals surface area contributed by atoms with Crippen LogP contribution in [-0.4, -0.2) is 55.3 Å². The smallest absolute Gasteiger partial charge is 0.418 e. The zero-order valence-corrected chi connectivity index (χ0v) is 23.4. The molecule has 0 radical (unpaired) electrons. The minimum absolute atomic E-state index is 0.0106. The molecule has 15 heteroatoms. The third-order valence-corrected chi connectivity index (χ3v) is 6.75. The summed E-state index contributed by atoms with van der Waals surface area (Å²) in [5.41, 5.74) is -5.97. The number of amides is 2. The van der Waals surface area contributed by atoms with Crippen LogP contribution in [0.1, 0.15) is 51.6 Å². The minimum Gasteiger partial charge on any atom is -0.466 e. The number of benzene rings is 2. The topological polar surface area (TPSA) is 111 Å². The second-order valence-electron chi connectivity index (χ2n) is 9.46. The maximum absolute atomic E-state index is 15.5. The number of esters is 2. The Morgan fingerprint density at radius 3 is 2.09 bits per heavy atom. The molecule has 2 aromatic rings. The van der Waals surface area contributed by atoms with E-state index in [0.717, 1.165) is 7.11 Å². The first-order chi connectivity index (χ1) is 20.2. The number of allylic oxidation sites excluding steroid dienone is 1. The van der Waals surface area contributed by atoms with Crippen molar-refractivity contribution in [1.29, 1.82) is 0 Å². The van der Waals surface area contributed by atoms with Gasteiger partial charge in [-0.1, -0.05) is 23.7 Å². The van der Waals surface area contributed by atoms with Gasteiger partial charge in [0.1, 0.15) is 19.1 Å². The molecule has 228 valence electrons. The molecule has 2 aliphatic heterocycles. The molecule has 2 heterocycles. The van der Waals surface area contributed by atoms with E-state index in [1.54, 1.807) is 0 Å². The van der Waals surface area contributed by atoms with Crippen molar-refractivity contribution in [2.45, 2.75) is 32.0 Å². The summed E-state index contributed by atoms with van der Waals surface area (Å²) in [6.07, 6.45) is -6.20. The van der Waals surface area contributed by atoms with E-state index in [1.807, 2.05) is 0 Å². The van der Waals surface area contributed by atoms with E-state index in [2.05, 4.69) is 10.1 Å². The highest BCUT2D eigenvalue weighted by Gasteiger charge is 2.47. The molecular formula is C28H22ClF5N2O7. The lowest BCUT2D eigenvalue weighted by Crippen LogP contribution is -2.39. The van der Waals surface area contributed by atoms with E-state index in [-0.39, 0.29) is 11.1 Å². The van der Waals surface area contributed by atoms with Crippen molar-refractivity contribution >= 4 is 35.4 Å². The highest BCUT2D eigenvalue weighted by atomic mass is 35.5. The summed E-state index contributed by atoms with van der Waals surface area (Å²) in [6, 6.07) is 6.91. The number of fused-ring (bicyclic) bond motifs is 1. The predicted octanol–water partition coefficient (Wildman–Crippen LogP) is 5.01. The lowest BCUT2D eigenvalue weighted by atomic mass is 9.78. The number of hydroxylamine groups is 2. The van der Waals surface area contributed by atoms with Crippen molar-refractivity contribution < 1.29 is 55.4 Å². The molecule has 1 atom stereocenters. The number of methoxy groups -OCH3 is 1. The summed E-state index contributed by atoms with van der Waals surface area (Å²) in [7, 11) is 0.845.